The second-order valence-electron chi connectivity index (χ2n) is 29.1. The quantitative estimate of drug-likeness (QED) is 0.0534. The molecule has 5 fully saturated rings. The van der Waals surface area contributed by atoms with Crippen LogP contribution in [0.2, 0.25) is 0 Å². The van der Waals surface area contributed by atoms with Crippen molar-refractivity contribution in [1.82, 2.24) is 45.3 Å². The number of nitrogens with one attached hydrogen (secondary N) is 2. The van der Waals surface area contributed by atoms with Crippen molar-refractivity contribution < 1.29 is 81.7 Å². The molecule has 4 saturated heterocycles. The summed E-state index contributed by atoms with van der Waals surface area (Å²) in [7, 11) is 4.44. The van der Waals surface area contributed by atoms with Gasteiger partial charge in [0.25, 0.3) is 17.6 Å². The minimum absolute atomic E-state index is 0.00777. The molecule has 0 spiro atoms. The molecule has 2 aromatic rings. The summed E-state index contributed by atoms with van der Waals surface area (Å²) in [6.45, 7) is 19.9. The van der Waals surface area contributed by atoms with E-state index in [-0.39, 0.29) is 74.6 Å². The van der Waals surface area contributed by atoms with Crippen LogP contribution in [-0.2, 0) is 68.5 Å². The number of nitrogens with two attached hydrogens (primary N) is 1. The standard InChI is InChI=1S/C76H114N12O17/c1-11-78-70(94)56-46-81-74(82-47-56)86-28-26-84(27-29-86)34-36-102-35-24-65(90)85-30-32-87(33-31-85)73-79-43-55(44-80-73)45-83-75(97)104-61-23-21-54(40-64(61)100-9)39-58(77)63-42-60(89)50(4)38-52(6)67(92)68(101-10)66(91)51(5)37-48(2)17-13-12-14-18-49(3)62(99-8)41-57-22-20-53(7)76(98,105-57)69(93)71(95)88-25-16-15-19-59(88)72(96)103-63/h12-14,17-18,38,43-44,46-48,50-51,53-54,57-59,61-64,67-68,92,98H,11,15-16,19-37,39-42,45,77H2,1-10H3,(H,78,94)(H,83,97)/b14-12+,17-13+,49-18+,52-38+/t48-,50-,51-,53-,54+,57+,58-,59+,61-,62+,63+,64-,67-,68+,76-/m1/s1. The third kappa shape index (κ3) is 23.3. The Morgan fingerprint density at radius 3 is 2.10 bits per heavy atom. The molecular weight excluding hydrogens is 1350 g/mol. The highest BCUT2D eigenvalue weighted by Gasteiger charge is 2.53. The Balaban J connectivity index is 0.831. The van der Waals surface area contributed by atoms with Crippen molar-refractivity contribution in [2.45, 2.75) is 199 Å². The van der Waals surface area contributed by atoms with Crippen LogP contribution in [0.3, 0.4) is 0 Å². The van der Waals surface area contributed by atoms with Crippen LogP contribution in [0.5, 0.6) is 0 Å². The Morgan fingerprint density at radius 1 is 0.752 bits per heavy atom. The number of carbonyl (C=O) groups is 8. The second kappa shape index (κ2) is 40.5. The average molecular weight is 1470 g/mol. The van der Waals surface area contributed by atoms with Gasteiger partial charge in [-0.2, -0.15) is 0 Å². The first-order valence-corrected chi connectivity index (χ1v) is 37.5. The van der Waals surface area contributed by atoms with E-state index in [1.54, 1.807) is 65.7 Å². The van der Waals surface area contributed by atoms with Gasteiger partial charge in [-0.05, 0) is 108 Å². The third-order valence-electron chi connectivity index (χ3n) is 21.4. The molecule has 5 aliphatic heterocycles. The number of aromatic nitrogens is 4. The molecule has 105 heavy (non-hydrogen) atoms. The zero-order chi connectivity index (χ0) is 75.9. The number of nitrogens with zero attached hydrogens (tertiary/aromatic N) is 9. The highest BCUT2D eigenvalue weighted by Crippen LogP contribution is 2.38. The number of piperazine rings is 2. The van der Waals surface area contributed by atoms with Crippen LogP contribution in [0.25, 0.3) is 0 Å². The summed E-state index contributed by atoms with van der Waals surface area (Å²) in [4.78, 5) is 138. The number of carbonyl (C=O) groups excluding carboxylic acids is 8. The van der Waals surface area contributed by atoms with E-state index in [1.165, 1.54) is 14.2 Å². The van der Waals surface area contributed by atoms with Gasteiger partial charge < -0.3 is 79.3 Å². The molecule has 1 saturated carbocycles. The highest BCUT2D eigenvalue weighted by molar-refractivity contribution is 6.39. The number of cyclic esters (lactones) is 1. The zero-order valence-corrected chi connectivity index (χ0v) is 63.1. The smallest absolute Gasteiger partial charge is 0.407 e. The summed E-state index contributed by atoms with van der Waals surface area (Å²) >= 11 is 0. The fourth-order valence-electron chi connectivity index (χ4n) is 14.8. The molecular formula is C76H114N12O17. The molecule has 4 amide bonds. The number of aliphatic hydroxyl groups excluding tert-OH is 1. The van der Waals surface area contributed by atoms with Gasteiger partial charge in [-0.3, -0.25) is 33.7 Å². The van der Waals surface area contributed by atoms with Crippen LogP contribution < -0.4 is 26.2 Å². The number of anilines is 2. The van der Waals surface area contributed by atoms with Gasteiger partial charge in [0.2, 0.25) is 23.6 Å². The van der Waals surface area contributed by atoms with Gasteiger partial charge in [0.1, 0.15) is 36.2 Å². The predicted octanol–water partition coefficient (Wildman–Crippen LogP) is 5.01. The summed E-state index contributed by atoms with van der Waals surface area (Å²) in [5.74, 6) is -7.77. The summed E-state index contributed by atoms with van der Waals surface area (Å²) in [6.07, 6.45) is 14.7. The van der Waals surface area contributed by atoms with Crippen LogP contribution in [-0.4, -0.2) is 259 Å². The number of rotatable bonds is 19. The highest BCUT2D eigenvalue weighted by atomic mass is 16.6. The maximum absolute atomic E-state index is 14.7. The molecule has 6 aliphatic rings. The van der Waals surface area contributed by atoms with Gasteiger partial charge in [0, 0.05) is 167 Å². The maximum atomic E-state index is 14.7. The van der Waals surface area contributed by atoms with Gasteiger partial charge in [0.05, 0.1) is 43.5 Å². The van der Waals surface area contributed by atoms with Crippen molar-refractivity contribution in [1.29, 1.82) is 0 Å². The lowest BCUT2D eigenvalue weighted by molar-refractivity contribution is -0.265. The maximum Gasteiger partial charge on any atom is 0.407 e. The topological polar surface area (TPSA) is 359 Å². The molecule has 0 unspecified atom stereocenters. The second-order valence-corrected chi connectivity index (χ2v) is 29.1. The lowest BCUT2D eigenvalue weighted by Gasteiger charge is -2.42. The van der Waals surface area contributed by atoms with Crippen LogP contribution in [0, 0.1) is 29.6 Å². The van der Waals surface area contributed by atoms with E-state index < -0.39 is 108 Å². The fraction of sp³-hybridized carbons (Fsp3) is 0.684. The molecule has 29 heteroatoms. The minimum atomic E-state index is -2.50. The SMILES string of the molecule is CCNC(=O)c1cnc(N2CCN(CCOCCC(=O)N3CCN(c4ncc(CNC(=O)O[C@@H]5CC[C@@H](C[C@@H](N)[C@@H]6CC(=O)[C@H](C)/C=C(\C)[C@@H](O)[C@@H](OC)C(=O)[C@H](C)C[C@H](C)/C=C/C=C/C=C(\C)[C@@H](OC)C[C@@H]7CC[C@@H](C)[C@@](O)(O7)C(=O)C(=O)N7CCCC[C@H]7C(=O)O6)C[C@H]5OC)cn4)CC3)CC2)nc1. The Kier molecular flexibility index (Phi) is 32.1. The van der Waals surface area contributed by atoms with Crippen LogP contribution in [0.1, 0.15) is 148 Å². The first kappa shape index (κ1) is 83.2. The molecule has 29 nitrogen and oxygen atoms in total. The lowest BCUT2D eigenvalue weighted by atomic mass is 9.80. The monoisotopic (exact) mass is 1470 g/mol. The lowest BCUT2D eigenvalue weighted by Crippen LogP contribution is -2.61. The van der Waals surface area contributed by atoms with Crippen molar-refractivity contribution in [3.8, 4) is 0 Å². The number of hydrogen-bond donors (Lipinski definition) is 5. The Morgan fingerprint density at radius 2 is 1.44 bits per heavy atom. The zero-order valence-electron chi connectivity index (χ0n) is 63.1. The summed E-state index contributed by atoms with van der Waals surface area (Å²) < 4.78 is 41.7. The summed E-state index contributed by atoms with van der Waals surface area (Å²) in [5.41, 5.74) is 9.30. The van der Waals surface area contributed by atoms with E-state index in [2.05, 4.69) is 40.4 Å². The number of amides is 4. The first-order valence-electron chi connectivity index (χ1n) is 37.5. The summed E-state index contributed by atoms with van der Waals surface area (Å²) in [6, 6.07) is -2.22. The number of aliphatic hydroxyl groups is 2. The van der Waals surface area contributed by atoms with Crippen molar-refractivity contribution in [2.75, 3.05) is 116 Å². The number of ketones is 3. The molecule has 2 bridgehead atoms. The van der Waals surface area contributed by atoms with E-state index in [1.807, 2.05) is 61.0 Å². The molecule has 1 aliphatic carbocycles. The molecule has 15 atom stereocenters. The van der Waals surface area contributed by atoms with Crippen LogP contribution in [0.15, 0.2) is 72.4 Å². The van der Waals surface area contributed by atoms with Gasteiger partial charge >= 0.3 is 12.1 Å². The predicted molar refractivity (Wildman–Crippen MR) is 390 cm³/mol. The van der Waals surface area contributed by atoms with E-state index in [9.17, 15) is 48.6 Å². The van der Waals surface area contributed by atoms with E-state index in [0.29, 0.717) is 126 Å². The largest absolute Gasteiger partial charge is 0.459 e. The molecule has 0 radical (unpaired) electrons. The average Bonchev–Trinajstić information content (AvgIpc) is 0.773. The van der Waals surface area contributed by atoms with Gasteiger partial charge in [0.15, 0.2) is 5.78 Å². The number of ether oxygens (including phenoxy) is 7. The Hall–Kier alpha value is -7.48. The Labute approximate surface area is 617 Å². The van der Waals surface area contributed by atoms with Gasteiger partial charge in [-0.15, -0.1) is 0 Å². The molecule has 8 rings (SSSR count). The van der Waals surface area contributed by atoms with Crippen molar-refractivity contribution in [2.24, 2.45) is 35.3 Å². The number of methoxy groups -OCH3 is 3. The number of Topliss-reactive ketones (excluding diaryl/α,β-unsaturated/α-hetero) is 3. The number of allylic oxidation sites excluding steroid dienone is 6. The minimum Gasteiger partial charge on any atom is -0.459 e. The molecule has 2 aromatic heterocycles. The normalized spacial score (nSPS) is 31.3. The number of esters is 1. The fourth-order valence-corrected chi connectivity index (χ4v) is 14.8. The van der Waals surface area contributed by atoms with Crippen molar-refractivity contribution >= 4 is 59.0 Å². The Bertz CT molecular complexity index is 3340. The van der Waals surface area contributed by atoms with Gasteiger partial charge in [-0.25, -0.2) is 29.5 Å². The van der Waals surface area contributed by atoms with E-state index in [0.717, 1.165) is 43.2 Å². The van der Waals surface area contributed by atoms with E-state index >= 15 is 0 Å². The third-order valence-corrected chi connectivity index (χ3v) is 21.4. The molecule has 0 aromatic carbocycles. The van der Waals surface area contributed by atoms with Gasteiger partial charge in [-0.1, -0.05) is 64.2 Å². The number of alkyl carbamates (subject to hydrolysis) is 1. The summed E-state index contributed by atoms with van der Waals surface area (Å²) in [5, 5.41) is 29.3. The molecule has 7 heterocycles. The van der Waals surface area contributed by atoms with Crippen LogP contribution >= 0.6 is 0 Å². The number of piperidine rings is 1. The molecule has 6 N–H and O–H groups in total. The van der Waals surface area contributed by atoms with Crippen LogP contribution in [0.4, 0.5) is 16.7 Å². The van der Waals surface area contributed by atoms with E-state index in [4.69, 9.17) is 38.9 Å². The number of hydrogen-bond acceptors (Lipinski definition) is 25. The van der Waals surface area contributed by atoms with Crippen molar-refractivity contribution in [3.63, 3.8) is 0 Å². The number of fused-ring (bicyclic) bond motifs is 3. The first-order chi connectivity index (χ1) is 50.3. The van der Waals surface area contributed by atoms with Crippen molar-refractivity contribution in [3.05, 3.63) is 83.5 Å². The molecule has 580 valence electrons.